The van der Waals surface area contributed by atoms with E-state index in [9.17, 15) is 0 Å². The van der Waals surface area contributed by atoms with Crippen molar-refractivity contribution in [3.63, 3.8) is 0 Å². The van der Waals surface area contributed by atoms with E-state index in [0.717, 1.165) is 5.56 Å². The quantitative estimate of drug-likeness (QED) is 0.414. The maximum atomic E-state index is 3.16. The Labute approximate surface area is 108 Å². The zero-order chi connectivity index (χ0) is 11.7. The number of fused-ring (bicyclic) bond motifs is 2. The molecule has 0 amide bonds. The first-order chi connectivity index (χ1) is 8.38. The topological polar surface area (TPSA) is 0 Å². The molecule has 0 fully saturated rings. The van der Waals surface area contributed by atoms with Gasteiger partial charge in [-0.15, -0.1) is 0 Å². The zero-order valence-corrected chi connectivity index (χ0v) is 10.7. The molecule has 0 atom stereocenters. The standard InChI is InChI=1S/C16H9Br/c17-9-8-12-6-3-7-15-10-13-4-1-2-5-14(13)11-16(12)15/h1-7,10-11H. The molecule has 17 heavy (non-hydrogen) atoms. The number of hydrogen-bond donors (Lipinski definition) is 0. The SMILES string of the molecule is BrC#Cc1cccc2cc3ccccc3cc12. The van der Waals surface area contributed by atoms with Gasteiger partial charge in [-0.05, 0) is 44.6 Å². The van der Waals surface area contributed by atoms with Crippen LogP contribution in [0.2, 0.25) is 0 Å². The lowest BCUT2D eigenvalue weighted by Crippen LogP contribution is -1.80. The molecule has 0 saturated heterocycles. The highest BCUT2D eigenvalue weighted by Crippen LogP contribution is 2.25. The summed E-state index contributed by atoms with van der Waals surface area (Å²) in [5, 5.41) is 4.96. The van der Waals surface area contributed by atoms with Crippen molar-refractivity contribution in [2.45, 2.75) is 0 Å². The first kappa shape index (κ1) is 10.4. The molecule has 3 aromatic rings. The van der Waals surface area contributed by atoms with E-state index in [2.05, 4.69) is 69.1 Å². The highest BCUT2D eigenvalue weighted by molar-refractivity contribution is 9.12. The summed E-state index contributed by atoms with van der Waals surface area (Å²) in [7, 11) is 0. The van der Waals surface area contributed by atoms with E-state index in [-0.39, 0.29) is 0 Å². The molecule has 0 aliphatic rings. The van der Waals surface area contributed by atoms with Gasteiger partial charge < -0.3 is 0 Å². The van der Waals surface area contributed by atoms with Gasteiger partial charge in [-0.3, -0.25) is 0 Å². The average Bonchev–Trinajstić information content (AvgIpc) is 2.37. The third kappa shape index (κ3) is 1.81. The summed E-state index contributed by atoms with van der Waals surface area (Å²) in [5.41, 5.74) is 1.06. The van der Waals surface area contributed by atoms with Crippen molar-refractivity contribution in [2.75, 3.05) is 0 Å². The van der Waals surface area contributed by atoms with Crippen LogP contribution in [0, 0.1) is 10.8 Å². The fourth-order valence-corrected chi connectivity index (χ4v) is 2.34. The predicted octanol–water partition coefficient (Wildman–Crippen LogP) is 4.70. The first-order valence-electron chi connectivity index (χ1n) is 5.42. The molecular weight excluding hydrogens is 272 g/mol. The highest BCUT2D eigenvalue weighted by atomic mass is 79.9. The Morgan fingerprint density at radius 3 is 2.24 bits per heavy atom. The second kappa shape index (κ2) is 4.24. The summed E-state index contributed by atoms with van der Waals surface area (Å²) in [6.45, 7) is 0. The van der Waals surface area contributed by atoms with Gasteiger partial charge in [0.25, 0.3) is 0 Å². The maximum absolute atomic E-state index is 3.16. The largest absolute Gasteiger partial charge is 0.0616 e. The minimum atomic E-state index is 1.06. The van der Waals surface area contributed by atoms with E-state index in [1.54, 1.807) is 0 Å². The highest BCUT2D eigenvalue weighted by Gasteiger charge is 2.00. The Bertz CT molecular complexity index is 760. The Balaban J connectivity index is 2.46. The fourth-order valence-electron chi connectivity index (χ4n) is 2.13. The Hall–Kier alpha value is -1.78. The van der Waals surface area contributed by atoms with Gasteiger partial charge in [0.1, 0.15) is 0 Å². The Kier molecular flexibility index (Phi) is 2.59. The van der Waals surface area contributed by atoms with Crippen LogP contribution in [-0.2, 0) is 0 Å². The molecule has 80 valence electrons. The molecule has 0 spiro atoms. The van der Waals surface area contributed by atoms with Crippen LogP contribution in [0.3, 0.4) is 0 Å². The van der Waals surface area contributed by atoms with Crippen LogP contribution in [0.25, 0.3) is 21.5 Å². The van der Waals surface area contributed by atoms with E-state index >= 15 is 0 Å². The first-order valence-corrected chi connectivity index (χ1v) is 6.21. The lowest BCUT2D eigenvalue weighted by Gasteiger charge is -2.04. The monoisotopic (exact) mass is 280 g/mol. The summed E-state index contributed by atoms with van der Waals surface area (Å²) in [6.07, 6.45) is 0. The summed E-state index contributed by atoms with van der Waals surface area (Å²) in [4.78, 5) is 2.79. The van der Waals surface area contributed by atoms with Crippen LogP contribution >= 0.6 is 15.9 Å². The minimum Gasteiger partial charge on any atom is -0.0616 e. The lowest BCUT2D eigenvalue weighted by atomic mass is 10.0. The number of rotatable bonds is 0. The summed E-state index contributed by atoms with van der Waals surface area (Å²) < 4.78 is 0. The average molecular weight is 281 g/mol. The van der Waals surface area contributed by atoms with E-state index in [1.807, 2.05) is 12.1 Å². The Morgan fingerprint density at radius 1 is 0.765 bits per heavy atom. The molecule has 0 radical (unpaired) electrons. The molecule has 0 saturated carbocycles. The molecule has 0 aliphatic heterocycles. The van der Waals surface area contributed by atoms with Crippen molar-refractivity contribution in [3.05, 3.63) is 60.2 Å². The summed E-state index contributed by atoms with van der Waals surface area (Å²) in [5.74, 6) is 3.08. The molecule has 3 rings (SSSR count). The molecule has 0 unspecified atom stereocenters. The summed E-state index contributed by atoms with van der Waals surface area (Å²) >= 11 is 3.16. The van der Waals surface area contributed by atoms with Crippen molar-refractivity contribution < 1.29 is 0 Å². The van der Waals surface area contributed by atoms with E-state index in [4.69, 9.17) is 0 Å². The van der Waals surface area contributed by atoms with Gasteiger partial charge in [-0.25, -0.2) is 0 Å². The van der Waals surface area contributed by atoms with Crippen LogP contribution in [0.5, 0.6) is 0 Å². The van der Waals surface area contributed by atoms with Gasteiger partial charge in [-0.2, -0.15) is 0 Å². The smallest absolute Gasteiger partial charge is 0.0332 e. The lowest BCUT2D eigenvalue weighted by molar-refractivity contribution is 1.72. The van der Waals surface area contributed by atoms with Gasteiger partial charge in [0.15, 0.2) is 0 Å². The summed E-state index contributed by atoms with van der Waals surface area (Å²) in [6, 6.07) is 19.0. The third-order valence-corrected chi connectivity index (χ3v) is 3.13. The van der Waals surface area contributed by atoms with Gasteiger partial charge in [-0.1, -0.05) is 42.3 Å². The van der Waals surface area contributed by atoms with Crippen molar-refractivity contribution in [2.24, 2.45) is 0 Å². The minimum absolute atomic E-state index is 1.06. The Morgan fingerprint density at radius 2 is 1.47 bits per heavy atom. The van der Waals surface area contributed by atoms with E-state index < -0.39 is 0 Å². The molecule has 0 aliphatic carbocycles. The van der Waals surface area contributed by atoms with Gasteiger partial charge in [0.05, 0.1) is 0 Å². The molecule has 0 aromatic heterocycles. The normalized spacial score (nSPS) is 10.2. The molecule has 0 heterocycles. The van der Waals surface area contributed by atoms with Crippen molar-refractivity contribution in [1.29, 1.82) is 0 Å². The van der Waals surface area contributed by atoms with E-state index in [1.165, 1.54) is 21.5 Å². The fraction of sp³-hybridized carbons (Fsp3) is 0. The molecular formula is C16H9Br. The van der Waals surface area contributed by atoms with Crippen molar-refractivity contribution >= 4 is 37.5 Å². The van der Waals surface area contributed by atoms with Crippen LogP contribution in [-0.4, -0.2) is 0 Å². The second-order valence-corrected chi connectivity index (χ2v) is 4.34. The van der Waals surface area contributed by atoms with Crippen LogP contribution in [0.1, 0.15) is 5.56 Å². The molecule has 1 heteroatoms. The molecule has 0 nitrogen and oxygen atoms in total. The van der Waals surface area contributed by atoms with E-state index in [0.29, 0.717) is 0 Å². The van der Waals surface area contributed by atoms with Gasteiger partial charge in [0.2, 0.25) is 0 Å². The van der Waals surface area contributed by atoms with Crippen molar-refractivity contribution in [1.82, 2.24) is 0 Å². The zero-order valence-electron chi connectivity index (χ0n) is 9.07. The van der Waals surface area contributed by atoms with Crippen LogP contribution in [0.4, 0.5) is 0 Å². The van der Waals surface area contributed by atoms with Crippen LogP contribution in [0.15, 0.2) is 54.6 Å². The number of halogens is 1. The molecule has 0 bridgehead atoms. The maximum Gasteiger partial charge on any atom is 0.0332 e. The van der Waals surface area contributed by atoms with Crippen LogP contribution < -0.4 is 0 Å². The van der Waals surface area contributed by atoms with Gasteiger partial charge in [0, 0.05) is 21.5 Å². The second-order valence-electron chi connectivity index (χ2n) is 3.95. The molecule has 0 N–H and O–H groups in total. The number of hydrogen-bond acceptors (Lipinski definition) is 0. The van der Waals surface area contributed by atoms with Gasteiger partial charge >= 0.3 is 0 Å². The third-order valence-electron chi connectivity index (χ3n) is 2.93. The predicted molar refractivity (Wildman–Crippen MR) is 77.3 cm³/mol. The number of benzene rings is 3. The molecule has 3 aromatic carbocycles. The van der Waals surface area contributed by atoms with Crippen molar-refractivity contribution in [3.8, 4) is 10.8 Å².